The SMILES string of the molecule is CCn1c(SCC(=O)N(C)Cc2ccc(OC)cc2OC)nnc1-c1ccco1. The number of nitrogens with zero attached hydrogens (tertiary/aromatic N) is 4. The summed E-state index contributed by atoms with van der Waals surface area (Å²) < 4.78 is 18.0. The molecular weight excluding hydrogens is 392 g/mol. The number of aromatic nitrogens is 3. The highest BCUT2D eigenvalue weighted by Gasteiger charge is 2.18. The van der Waals surface area contributed by atoms with E-state index in [2.05, 4.69) is 10.2 Å². The van der Waals surface area contributed by atoms with E-state index in [4.69, 9.17) is 13.9 Å². The molecule has 3 rings (SSSR count). The lowest BCUT2D eigenvalue weighted by atomic mass is 10.2. The number of carbonyl (C=O) groups excluding carboxylic acids is 1. The van der Waals surface area contributed by atoms with Gasteiger partial charge in [0.25, 0.3) is 0 Å². The van der Waals surface area contributed by atoms with Crippen LogP contribution in [0.25, 0.3) is 11.6 Å². The molecule has 2 aromatic heterocycles. The second kappa shape index (κ2) is 9.51. The van der Waals surface area contributed by atoms with Crippen LogP contribution in [0.1, 0.15) is 12.5 Å². The molecule has 3 aromatic rings. The number of furan rings is 1. The van der Waals surface area contributed by atoms with Crippen LogP contribution in [-0.2, 0) is 17.9 Å². The molecule has 0 aliphatic rings. The minimum atomic E-state index is -0.0157. The standard InChI is InChI=1S/C20H24N4O4S/c1-5-24-19(16-7-6-10-28-16)21-22-20(24)29-13-18(25)23(2)12-14-8-9-15(26-3)11-17(14)27-4/h6-11H,5,12-13H2,1-4H3. The normalized spacial score (nSPS) is 10.8. The van der Waals surface area contributed by atoms with Crippen molar-refractivity contribution in [3.63, 3.8) is 0 Å². The van der Waals surface area contributed by atoms with Crippen molar-refractivity contribution >= 4 is 17.7 Å². The van der Waals surface area contributed by atoms with Crippen LogP contribution >= 0.6 is 11.8 Å². The first-order valence-corrected chi connectivity index (χ1v) is 10.1. The number of methoxy groups -OCH3 is 2. The summed E-state index contributed by atoms with van der Waals surface area (Å²) in [4.78, 5) is 14.3. The number of ether oxygens (including phenoxy) is 2. The molecule has 0 aliphatic carbocycles. The summed E-state index contributed by atoms with van der Waals surface area (Å²) in [6.07, 6.45) is 1.60. The Morgan fingerprint density at radius 2 is 2.07 bits per heavy atom. The summed E-state index contributed by atoms with van der Waals surface area (Å²) in [5.41, 5.74) is 0.908. The molecule has 0 radical (unpaired) electrons. The quantitative estimate of drug-likeness (QED) is 0.495. The van der Waals surface area contributed by atoms with Crippen molar-refractivity contribution in [2.75, 3.05) is 27.0 Å². The van der Waals surface area contributed by atoms with Gasteiger partial charge in [-0.15, -0.1) is 10.2 Å². The van der Waals surface area contributed by atoms with Crippen molar-refractivity contribution in [2.24, 2.45) is 0 Å². The molecule has 0 spiro atoms. The lowest BCUT2D eigenvalue weighted by Gasteiger charge is -2.19. The van der Waals surface area contributed by atoms with Crippen LogP contribution < -0.4 is 9.47 Å². The van der Waals surface area contributed by atoms with Gasteiger partial charge in [0.15, 0.2) is 16.7 Å². The Labute approximate surface area is 173 Å². The Bertz CT molecular complexity index is 956. The van der Waals surface area contributed by atoms with E-state index in [9.17, 15) is 4.79 Å². The number of hydrogen-bond acceptors (Lipinski definition) is 7. The first kappa shape index (κ1) is 20.8. The molecule has 154 valence electrons. The summed E-state index contributed by atoms with van der Waals surface area (Å²) in [5.74, 6) is 2.94. The second-order valence-electron chi connectivity index (χ2n) is 6.24. The topological polar surface area (TPSA) is 82.6 Å². The van der Waals surface area contributed by atoms with Crippen LogP contribution in [0.15, 0.2) is 46.2 Å². The lowest BCUT2D eigenvalue weighted by molar-refractivity contribution is -0.127. The molecule has 0 fully saturated rings. The zero-order valence-corrected chi connectivity index (χ0v) is 17.7. The summed E-state index contributed by atoms with van der Waals surface area (Å²) in [7, 11) is 4.98. The number of hydrogen-bond donors (Lipinski definition) is 0. The zero-order chi connectivity index (χ0) is 20.8. The first-order chi connectivity index (χ1) is 14.1. The zero-order valence-electron chi connectivity index (χ0n) is 16.9. The maximum atomic E-state index is 12.6. The van der Waals surface area contributed by atoms with Crippen LogP contribution in [0.2, 0.25) is 0 Å². The monoisotopic (exact) mass is 416 g/mol. The highest BCUT2D eigenvalue weighted by molar-refractivity contribution is 7.99. The maximum absolute atomic E-state index is 12.6. The lowest BCUT2D eigenvalue weighted by Crippen LogP contribution is -2.28. The molecule has 0 atom stereocenters. The van der Waals surface area contributed by atoms with E-state index in [0.717, 1.165) is 5.56 Å². The van der Waals surface area contributed by atoms with Gasteiger partial charge >= 0.3 is 0 Å². The number of thioether (sulfide) groups is 1. The van der Waals surface area contributed by atoms with Crippen molar-refractivity contribution in [3.8, 4) is 23.1 Å². The fourth-order valence-electron chi connectivity index (χ4n) is 2.83. The largest absolute Gasteiger partial charge is 0.497 e. The van der Waals surface area contributed by atoms with E-state index in [1.807, 2.05) is 41.8 Å². The van der Waals surface area contributed by atoms with Gasteiger partial charge in [-0.05, 0) is 31.2 Å². The maximum Gasteiger partial charge on any atom is 0.233 e. The van der Waals surface area contributed by atoms with E-state index >= 15 is 0 Å². The average Bonchev–Trinajstić information content (AvgIpc) is 3.41. The van der Waals surface area contributed by atoms with E-state index in [-0.39, 0.29) is 11.7 Å². The van der Waals surface area contributed by atoms with E-state index in [1.54, 1.807) is 32.4 Å². The molecule has 1 aromatic carbocycles. The average molecular weight is 417 g/mol. The summed E-state index contributed by atoms with van der Waals surface area (Å²) in [5, 5.41) is 9.10. The van der Waals surface area contributed by atoms with E-state index in [1.165, 1.54) is 11.8 Å². The third-order valence-corrected chi connectivity index (χ3v) is 5.38. The number of carbonyl (C=O) groups is 1. The summed E-state index contributed by atoms with van der Waals surface area (Å²) >= 11 is 1.36. The molecule has 0 aliphatic heterocycles. The van der Waals surface area contributed by atoms with Gasteiger partial charge in [-0.25, -0.2) is 0 Å². The van der Waals surface area contributed by atoms with Crippen LogP contribution in [-0.4, -0.2) is 52.6 Å². The van der Waals surface area contributed by atoms with Crippen molar-refractivity contribution in [3.05, 3.63) is 42.2 Å². The molecule has 2 heterocycles. The number of amides is 1. The van der Waals surface area contributed by atoms with Crippen molar-refractivity contribution < 1.29 is 18.7 Å². The highest BCUT2D eigenvalue weighted by Crippen LogP contribution is 2.27. The molecule has 1 amide bonds. The Balaban J connectivity index is 1.64. The van der Waals surface area contributed by atoms with Crippen LogP contribution in [0.5, 0.6) is 11.5 Å². The third-order valence-electron chi connectivity index (χ3n) is 4.43. The number of rotatable bonds is 9. The molecule has 0 unspecified atom stereocenters. The Morgan fingerprint density at radius 3 is 2.72 bits per heavy atom. The van der Waals surface area contributed by atoms with Crippen LogP contribution in [0.4, 0.5) is 0 Å². The fraction of sp³-hybridized carbons (Fsp3) is 0.350. The van der Waals surface area contributed by atoms with Gasteiger partial charge < -0.3 is 18.8 Å². The van der Waals surface area contributed by atoms with E-state index < -0.39 is 0 Å². The number of benzene rings is 1. The molecule has 29 heavy (non-hydrogen) atoms. The third kappa shape index (κ3) is 4.73. The van der Waals surface area contributed by atoms with Gasteiger partial charge in [-0.2, -0.15) is 0 Å². The summed E-state index contributed by atoms with van der Waals surface area (Å²) in [6.45, 7) is 3.12. The fourth-order valence-corrected chi connectivity index (χ4v) is 3.77. The van der Waals surface area contributed by atoms with Crippen LogP contribution in [0.3, 0.4) is 0 Å². The minimum absolute atomic E-state index is 0.0157. The second-order valence-corrected chi connectivity index (χ2v) is 7.19. The van der Waals surface area contributed by atoms with Crippen molar-refractivity contribution in [1.82, 2.24) is 19.7 Å². The van der Waals surface area contributed by atoms with E-state index in [0.29, 0.717) is 41.3 Å². The Hall–Kier alpha value is -2.94. The summed E-state index contributed by atoms with van der Waals surface area (Å²) in [6, 6.07) is 9.21. The Kier molecular flexibility index (Phi) is 6.82. The predicted molar refractivity (Wildman–Crippen MR) is 110 cm³/mol. The van der Waals surface area contributed by atoms with Gasteiger partial charge in [0, 0.05) is 31.8 Å². The Morgan fingerprint density at radius 1 is 1.24 bits per heavy atom. The minimum Gasteiger partial charge on any atom is -0.497 e. The molecule has 8 nitrogen and oxygen atoms in total. The highest BCUT2D eigenvalue weighted by atomic mass is 32.2. The molecule has 0 saturated carbocycles. The molecule has 9 heteroatoms. The molecular formula is C20H24N4O4S. The first-order valence-electron chi connectivity index (χ1n) is 9.12. The van der Waals surface area contributed by atoms with Gasteiger partial charge in [0.1, 0.15) is 11.5 Å². The van der Waals surface area contributed by atoms with Gasteiger partial charge in [-0.3, -0.25) is 9.36 Å². The molecule has 0 N–H and O–H groups in total. The van der Waals surface area contributed by atoms with Gasteiger partial charge in [0.05, 0.1) is 26.2 Å². The van der Waals surface area contributed by atoms with Crippen LogP contribution in [0, 0.1) is 0 Å². The smallest absolute Gasteiger partial charge is 0.233 e. The predicted octanol–water partition coefficient (Wildman–Crippen LogP) is 3.33. The van der Waals surface area contributed by atoms with Gasteiger partial charge in [-0.1, -0.05) is 11.8 Å². The molecule has 0 saturated heterocycles. The van der Waals surface area contributed by atoms with Crippen molar-refractivity contribution in [2.45, 2.75) is 25.2 Å². The van der Waals surface area contributed by atoms with Crippen molar-refractivity contribution in [1.29, 1.82) is 0 Å². The molecule has 0 bridgehead atoms. The van der Waals surface area contributed by atoms with Gasteiger partial charge in [0.2, 0.25) is 5.91 Å².